The molecule has 0 unspecified atom stereocenters. The van der Waals surface area contributed by atoms with Crippen LogP contribution in [-0.2, 0) is 6.61 Å². The number of rotatable bonds is 4. The van der Waals surface area contributed by atoms with E-state index in [4.69, 9.17) is 33.0 Å². The van der Waals surface area contributed by atoms with Crippen molar-refractivity contribution >= 4 is 28.9 Å². The Bertz CT molecular complexity index is 661. The molecular formula is C13H9Cl2NO4. The third-order valence-corrected chi connectivity index (χ3v) is 3.05. The summed E-state index contributed by atoms with van der Waals surface area (Å²) in [6, 6.07) is 8.76. The van der Waals surface area contributed by atoms with Crippen molar-refractivity contribution in [3.63, 3.8) is 0 Å². The van der Waals surface area contributed by atoms with Gasteiger partial charge in [0.05, 0.1) is 16.6 Å². The van der Waals surface area contributed by atoms with Gasteiger partial charge in [-0.25, -0.2) is 0 Å². The van der Waals surface area contributed by atoms with Crippen molar-refractivity contribution in [3.05, 3.63) is 62.1 Å². The summed E-state index contributed by atoms with van der Waals surface area (Å²) >= 11 is 11.7. The molecule has 0 bridgehead atoms. The smallest absolute Gasteiger partial charge is 0.311 e. The van der Waals surface area contributed by atoms with Crippen molar-refractivity contribution in [1.82, 2.24) is 0 Å². The van der Waals surface area contributed by atoms with Gasteiger partial charge >= 0.3 is 5.69 Å². The number of hydrogen-bond acceptors (Lipinski definition) is 4. The lowest BCUT2D eigenvalue weighted by atomic mass is 10.2. The summed E-state index contributed by atoms with van der Waals surface area (Å²) in [5.41, 5.74) is 0.175. The standard InChI is InChI=1S/C13H9Cl2NO4/c14-9-2-4-12(10(15)6-9)20-13-3-1-8(7-17)5-11(13)16(18)19/h1-6,17H,7H2. The molecule has 0 aliphatic carbocycles. The van der Waals surface area contributed by atoms with E-state index in [1.54, 1.807) is 6.07 Å². The molecule has 20 heavy (non-hydrogen) atoms. The molecule has 0 radical (unpaired) electrons. The van der Waals surface area contributed by atoms with Crippen LogP contribution in [-0.4, -0.2) is 10.0 Å². The molecule has 7 heteroatoms. The highest BCUT2D eigenvalue weighted by Crippen LogP contribution is 2.36. The van der Waals surface area contributed by atoms with Gasteiger partial charge in [0.25, 0.3) is 0 Å². The molecule has 0 aliphatic rings. The van der Waals surface area contributed by atoms with Gasteiger partial charge in [-0.1, -0.05) is 29.3 Å². The van der Waals surface area contributed by atoms with Crippen LogP contribution in [0.1, 0.15) is 5.56 Å². The van der Waals surface area contributed by atoms with Gasteiger partial charge in [-0.2, -0.15) is 0 Å². The number of benzene rings is 2. The van der Waals surface area contributed by atoms with Crippen LogP contribution in [0.25, 0.3) is 0 Å². The molecule has 0 aromatic heterocycles. The number of nitro benzene ring substituents is 1. The van der Waals surface area contributed by atoms with Crippen LogP contribution in [0.5, 0.6) is 11.5 Å². The lowest BCUT2D eigenvalue weighted by molar-refractivity contribution is -0.385. The van der Waals surface area contributed by atoms with Crippen LogP contribution >= 0.6 is 23.2 Å². The fraction of sp³-hybridized carbons (Fsp3) is 0.0769. The fourth-order valence-corrected chi connectivity index (χ4v) is 2.01. The molecule has 2 rings (SSSR count). The first-order valence-electron chi connectivity index (χ1n) is 5.52. The molecular weight excluding hydrogens is 305 g/mol. The summed E-state index contributed by atoms with van der Waals surface area (Å²) in [6.07, 6.45) is 0. The summed E-state index contributed by atoms with van der Waals surface area (Å²) in [5.74, 6) is 0.298. The first kappa shape index (κ1) is 14.6. The topological polar surface area (TPSA) is 72.6 Å². The SMILES string of the molecule is O=[N+]([O-])c1cc(CO)ccc1Oc1ccc(Cl)cc1Cl. The molecule has 0 aliphatic heterocycles. The van der Waals surface area contributed by atoms with Crippen molar-refractivity contribution in [2.45, 2.75) is 6.61 Å². The Morgan fingerprint density at radius 3 is 2.45 bits per heavy atom. The highest BCUT2D eigenvalue weighted by molar-refractivity contribution is 6.35. The first-order chi connectivity index (χ1) is 9.51. The highest BCUT2D eigenvalue weighted by atomic mass is 35.5. The molecule has 2 aromatic rings. The van der Waals surface area contributed by atoms with Crippen molar-refractivity contribution in [1.29, 1.82) is 0 Å². The zero-order valence-corrected chi connectivity index (χ0v) is 11.6. The Morgan fingerprint density at radius 2 is 1.85 bits per heavy atom. The molecule has 0 atom stereocenters. The van der Waals surface area contributed by atoms with Crippen molar-refractivity contribution in [2.24, 2.45) is 0 Å². The molecule has 0 amide bonds. The van der Waals surface area contributed by atoms with Crippen molar-refractivity contribution in [2.75, 3.05) is 0 Å². The first-order valence-corrected chi connectivity index (χ1v) is 6.28. The monoisotopic (exact) mass is 313 g/mol. The van der Waals surface area contributed by atoms with E-state index in [-0.39, 0.29) is 28.8 Å². The maximum absolute atomic E-state index is 11.0. The van der Waals surface area contributed by atoms with Gasteiger partial charge in [0.2, 0.25) is 5.75 Å². The Morgan fingerprint density at radius 1 is 1.15 bits per heavy atom. The third-order valence-electron chi connectivity index (χ3n) is 2.52. The molecule has 0 saturated carbocycles. The Labute approximate surface area is 124 Å². The summed E-state index contributed by atoms with van der Waals surface area (Å²) < 4.78 is 5.44. The molecule has 104 valence electrons. The van der Waals surface area contributed by atoms with Gasteiger partial charge in [0.1, 0.15) is 5.75 Å². The maximum atomic E-state index is 11.0. The van der Waals surface area contributed by atoms with E-state index in [1.165, 1.54) is 30.3 Å². The van der Waals surface area contributed by atoms with Gasteiger partial charge in [-0.15, -0.1) is 0 Å². The van der Waals surface area contributed by atoms with Gasteiger partial charge in [0.15, 0.2) is 0 Å². The molecule has 5 nitrogen and oxygen atoms in total. The fourth-order valence-electron chi connectivity index (χ4n) is 1.57. The maximum Gasteiger partial charge on any atom is 0.311 e. The van der Waals surface area contributed by atoms with E-state index in [0.717, 1.165) is 0 Å². The van der Waals surface area contributed by atoms with Crippen LogP contribution < -0.4 is 4.74 Å². The molecule has 0 spiro atoms. The molecule has 0 heterocycles. The van der Waals surface area contributed by atoms with Gasteiger partial charge in [-0.3, -0.25) is 10.1 Å². The van der Waals surface area contributed by atoms with Gasteiger partial charge < -0.3 is 9.84 Å². The van der Waals surface area contributed by atoms with E-state index in [0.29, 0.717) is 10.6 Å². The third kappa shape index (κ3) is 3.19. The van der Waals surface area contributed by atoms with Gasteiger partial charge in [-0.05, 0) is 29.8 Å². The summed E-state index contributed by atoms with van der Waals surface area (Å²) in [5, 5.41) is 20.7. The van der Waals surface area contributed by atoms with Crippen LogP contribution in [0, 0.1) is 10.1 Å². The van der Waals surface area contributed by atoms with E-state index in [2.05, 4.69) is 0 Å². The van der Waals surface area contributed by atoms with E-state index in [9.17, 15) is 10.1 Å². The lowest BCUT2D eigenvalue weighted by Crippen LogP contribution is -1.95. The quantitative estimate of drug-likeness (QED) is 0.678. The average Bonchev–Trinajstić information content (AvgIpc) is 2.42. The largest absolute Gasteiger partial charge is 0.449 e. The minimum atomic E-state index is -0.585. The van der Waals surface area contributed by atoms with Crippen LogP contribution in [0.4, 0.5) is 5.69 Å². The van der Waals surface area contributed by atoms with E-state index >= 15 is 0 Å². The molecule has 2 aromatic carbocycles. The molecule has 0 fully saturated rings. The minimum absolute atomic E-state index is 0.0384. The number of aliphatic hydroxyl groups is 1. The Balaban J connectivity index is 2.40. The summed E-state index contributed by atoms with van der Waals surface area (Å²) in [6.45, 7) is -0.289. The zero-order valence-electron chi connectivity index (χ0n) is 10.0. The predicted molar refractivity (Wildman–Crippen MR) is 75.6 cm³/mol. The number of hydrogen-bond donors (Lipinski definition) is 1. The Hall–Kier alpha value is -1.82. The van der Waals surface area contributed by atoms with Gasteiger partial charge in [0, 0.05) is 11.1 Å². The van der Waals surface area contributed by atoms with Crippen molar-refractivity contribution in [3.8, 4) is 11.5 Å². The number of ether oxygens (including phenoxy) is 1. The van der Waals surface area contributed by atoms with Crippen LogP contribution in [0.2, 0.25) is 10.0 Å². The van der Waals surface area contributed by atoms with Crippen molar-refractivity contribution < 1.29 is 14.8 Å². The minimum Gasteiger partial charge on any atom is -0.449 e. The normalized spacial score (nSPS) is 10.3. The molecule has 1 N–H and O–H groups in total. The van der Waals surface area contributed by atoms with Crippen LogP contribution in [0.3, 0.4) is 0 Å². The summed E-state index contributed by atoms with van der Waals surface area (Å²) in [4.78, 5) is 10.4. The predicted octanol–water partition coefficient (Wildman–Crippen LogP) is 4.19. The van der Waals surface area contributed by atoms with E-state index in [1.807, 2.05) is 0 Å². The Kier molecular flexibility index (Phi) is 4.44. The number of nitrogens with zero attached hydrogens (tertiary/aromatic N) is 1. The number of halogens is 2. The van der Waals surface area contributed by atoms with Crippen LogP contribution in [0.15, 0.2) is 36.4 Å². The van der Waals surface area contributed by atoms with E-state index < -0.39 is 4.92 Å². The highest BCUT2D eigenvalue weighted by Gasteiger charge is 2.17. The molecule has 0 saturated heterocycles. The average molecular weight is 314 g/mol. The lowest BCUT2D eigenvalue weighted by Gasteiger charge is -2.09. The summed E-state index contributed by atoms with van der Waals surface area (Å²) in [7, 11) is 0. The second-order valence-electron chi connectivity index (χ2n) is 3.89. The number of aliphatic hydroxyl groups excluding tert-OH is 1. The zero-order chi connectivity index (χ0) is 14.7. The second-order valence-corrected chi connectivity index (χ2v) is 4.74. The second kappa shape index (κ2) is 6.09. The number of nitro groups is 1.